The molecule has 0 heterocycles. The smallest absolute Gasteiger partial charge is 0.769 e. The van der Waals surface area contributed by atoms with Crippen LogP contribution in [0.3, 0.4) is 0 Å². The first kappa shape index (κ1) is 54.0. The van der Waals surface area contributed by atoms with Crippen LogP contribution >= 0.6 is 59.4 Å². The molecule has 0 saturated carbocycles. The van der Waals surface area contributed by atoms with E-state index in [0.29, 0.717) is 0 Å². The minimum Gasteiger partial charge on any atom is -0.769 e. The second kappa shape index (κ2) is 33.2. The summed E-state index contributed by atoms with van der Waals surface area (Å²) in [6.07, 6.45) is 0. The predicted molar refractivity (Wildman–Crippen MR) is 273 cm³/mol. The predicted octanol–water partition coefficient (Wildman–Crippen LogP) is 8.83. The van der Waals surface area contributed by atoms with Gasteiger partial charge in [-0.15, -0.1) is 0 Å². The van der Waals surface area contributed by atoms with Gasteiger partial charge >= 0.3 is 19.5 Å². The van der Waals surface area contributed by atoms with Gasteiger partial charge in [-0.3, -0.25) is 0 Å². The fraction of sp³-hybridized carbons (Fsp3) is 0. The van der Waals surface area contributed by atoms with Crippen LogP contribution in [0.1, 0.15) is 0 Å². The second-order valence-corrected chi connectivity index (χ2v) is 19.7. The maximum atomic E-state index is 7.72. The molecule has 0 N–H and O–H groups in total. The molecule has 0 atom stereocenters. The van der Waals surface area contributed by atoms with Crippen LogP contribution in [-0.2, 0) is 19.5 Å². The second-order valence-electron chi connectivity index (χ2n) is 13.0. The molecule has 0 aliphatic rings. The van der Waals surface area contributed by atoms with E-state index >= 15 is 0 Å². The first-order chi connectivity index (χ1) is 31.3. The molecule has 0 saturated heterocycles. The molecule has 64 heavy (non-hydrogen) atoms. The molecule has 0 amide bonds. The Morgan fingerprint density at radius 2 is 0.250 bits per heavy atom. The SMILES string of the molecule is [O-]Cl.[O-]Cl.[O-]Cl.[Ru+3].c1ccc(P(c2ccccc2)c2ccccc2)cc1.c1ccc(P(c2ccccc2)c2ccccc2)cc1.c1ccc(P(c2ccccc2)c2ccccc2)cc1. The third-order valence-electron chi connectivity index (χ3n) is 9.13. The van der Waals surface area contributed by atoms with Gasteiger partial charge in [0, 0.05) is 0 Å². The molecule has 9 aromatic rings. The summed E-state index contributed by atoms with van der Waals surface area (Å²) in [6, 6.07) is 97.0. The van der Waals surface area contributed by atoms with Crippen molar-refractivity contribution in [3.8, 4) is 0 Å². The Morgan fingerprint density at radius 3 is 0.328 bits per heavy atom. The zero-order valence-electron chi connectivity index (χ0n) is 34.5. The number of benzene rings is 9. The third-order valence-corrected chi connectivity index (χ3v) is 16.5. The fourth-order valence-corrected chi connectivity index (χ4v) is 13.5. The Bertz CT molecular complexity index is 1890. The third kappa shape index (κ3) is 17.2. The van der Waals surface area contributed by atoms with Crippen molar-refractivity contribution in [2.45, 2.75) is 0 Å². The van der Waals surface area contributed by atoms with Crippen molar-refractivity contribution in [3.63, 3.8) is 0 Å². The van der Waals surface area contributed by atoms with Crippen LogP contribution in [0.5, 0.6) is 0 Å². The maximum Gasteiger partial charge on any atom is 3.00 e. The molecule has 0 spiro atoms. The fourth-order valence-electron chi connectivity index (χ4n) is 6.54. The van der Waals surface area contributed by atoms with Crippen molar-refractivity contribution in [2.75, 3.05) is 0 Å². The van der Waals surface area contributed by atoms with E-state index in [9.17, 15) is 0 Å². The molecule has 10 heteroatoms. The number of hydrogen-bond donors (Lipinski definition) is 0. The van der Waals surface area contributed by atoms with E-state index in [0.717, 1.165) is 0 Å². The summed E-state index contributed by atoms with van der Waals surface area (Å²) in [5.41, 5.74) is 0. The van der Waals surface area contributed by atoms with E-state index < -0.39 is 23.8 Å². The van der Waals surface area contributed by atoms with E-state index in [1.165, 1.54) is 47.7 Å². The van der Waals surface area contributed by atoms with Gasteiger partial charge in [0.25, 0.3) is 0 Å². The van der Waals surface area contributed by atoms with Gasteiger partial charge in [-0.05, 0) is 71.5 Å². The van der Waals surface area contributed by atoms with E-state index in [1.807, 2.05) is 0 Å². The van der Waals surface area contributed by atoms with E-state index in [1.54, 1.807) is 0 Å². The van der Waals surface area contributed by atoms with Crippen LogP contribution in [0.15, 0.2) is 273 Å². The van der Waals surface area contributed by atoms with Crippen LogP contribution < -0.4 is 61.7 Å². The number of hydrogen-bond acceptors (Lipinski definition) is 3. The van der Waals surface area contributed by atoms with Crippen molar-refractivity contribution in [1.29, 1.82) is 0 Å². The molecule has 323 valence electrons. The van der Waals surface area contributed by atoms with Crippen LogP contribution in [0, 0.1) is 0 Å². The van der Waals surface area contributed by atoms with E-state index in [4.69, 9.17) is 14.0 Å². The van der Waals surface area contributed by atoms with Gasteiger partial charge in [0.1, 0.15) is 0 Å². The molecule has 9 aromatic carbocycles. The monoisotopic (exact) mass is 1040 g/mol. The van der Waals surface area contributed by atoms with Gasteiger partial charge in [-0.1, -0.05) is 273 Å². The Hall–Kier alpha value is -4.36. The van der Waals surface area contributed by atoms with Gasteiger partial charge in [0.05, 0.1) is 0 Å². The van der Waals surface area contributed by atoms with Gasteiger partial charge in [-0.25, -0.2) is 35.6 Å². The van der Waals surface area contributed by atoms with Gasteiger partial charge in [-0.2, -0.15) is 0 Å². The van der Waals surface area contributed by atoms with Crippen LogP contribution in [-0.4, -0.2) is 0 Å². The van der Waals surface area contributed by atoms with Crippen LogP contribution in [0.2, 0.25) is 0 Å². The normalized spacial score (nSPS) is 9.70. The first-order valence-electron chi connectivity index (χ1n) is 19.7. The molecule has 0 aliphatic heterocycles. The quantitative estimate of drug-likeness (QED) is 0.107. The standard InChI is InChI=1S/3C18H15P.3ClO.Ru/c3*1-4-10-16(11-5-1)19(17-12-6-2-7-13-17)18-14-8-3-9-15-18;3*1-2;/h3*1-15H;;;;/q;;;3*-1;+3. The van der Waals surface area contributed by atoms with Crippen LogP contribution in [0.4, 0.5) is 0 Å². The van der Waals surface area contributed by atoms with Crippen molar-refractivity contribution < 1.29 is 33.5 Å². The molecule has 0 aliphatic carbocycles. The summed E-state index contributed by atoms with van der Waals surface area (Å²) in [7, 11) is -1.34. The van der Waals surface area contributed by atoms with Gasteiger partial charge in [0.2, 0.25) is 0 Å². The average molecular weight is 1040 g/mol. The molecule has 0 aromatic heterocycles. The summed E-state index contributed by atoms with van der Waals surface area (Å²) in [5.74, 6) is 0. The molecule has 1 radical (unpaired) electrons. The van der Waals surface area contributed by atoms with Crippen molar-refractivity contribution >= 4 is 107 Å². The number of rotatable bonds is 9. The molecule has 0 unspecified atom stereocenters. The van der Waals surface area contributed by atoms with E-state index in [2.05, 4.69) is 309 Å². The first-order valence-corrected chi connectivity index (χ1v) is 24.6. The van der Waals surface area contributed by atoms with Crippen LogP contribution in [0.25, 0.3) is 0 Å². The Balaban J connectivity index is 0.000000239. The van der Waals surface area contributed by atoms with Gasteiger partial charge < -0.3 is 14.0 Å². The van der Waals surface area contributed by atoms with E-state index in [-0.39, 0.29) is 19.5 Å². The summed E-state index contributed by atoms with van der Waals surface area (Å²) < 4.78 is 23.2. The largest absolute Gasteiger partial charge is 3.00 e. The average Bonchev–Trinajstić information content (AvgIpc) is 3.39. The molecule has 3 nitrogen and oxygen atoms in total. The number of halogens is 3. The molecular formula is C54H45Cl3O3P3Ru. The Kier molecular flexibility index (Phi) is 28.0. The van der Waals surface area contributed by atoms with Crippen molar-refractivity contribution in [1.82, 2.24) is 0 Å². The van der Waals surface area contributed by atoms with Gasteiger partial charge in [0.15, 0.2) is 0 Å². The molecule has 9 rings (SSSR count). The zero-order valence-corrected chi connectivity index (χ0v) is 41.2. The summed E-state index contributed by atoms with van der Waals surface area (Å²) in [5, 5.41) is 12.6. The minimum atomic E-state index is -0.446. The maximum absolute atomic E-state index is 7.72. The zero-order chi connectivity index (χ0) is 44.7. The minimum absolute atomic E-state index is 0. The molecule has 0 fully saturated rings. The summed E-state index contributed by atoms with van der Waals surface area (Å²) in [6.45, 7) is 0. The Labute approximate surface area is 410 Å². The Morgan fingerprint density at radius 1 is 0.172 bits per heavy atom. The molecule has 0 bridgehead atoms. The summed E-state index contributed by atoms with van der Waals surface area (Å²) >= 11 is 10.2. The summed E-state index contributed by atoms with van der Waals surface area (Å²) in [4.78, 5) is 0. The molecular weight excluding hydrogens is 997 g/mol. The van der Waals surface area contributed by atoms with Crippen molar-refractivity contribution in [3.05, 3.63) is 273 Å². The van der Waals surface area contributed by atoms with Crippen molar-refractivity contribution in [2.24, 2.45) is 0 Å². The topological polar surface area (TPSA) is 69.2 Å².